The van der Waals surface area contributed by atoms with Gasteiger partial charge in [-0.15, -0.1) is 0 Å². The van der Waals surface area contributed by atoms with Crippen molar-refractivity contribution in [2.45, 2.75) is 19.3 Å². The van der Waals surface area contributed by atoms with Gasteiger partial charge < -0.3 is 10.6 Å². The highest BCUT2D eigenvalue weighted by Crippen LogP contribution is 2.16. The van der Waals surface area contributed by atoms with Crippen molar-refractivity contribution in [3.63, 3.8) is 0 Å². The summed E-state index contributed by atoms with van der Waals surface area (Å²) < 4.78 is 0. The summed E-state index contributed by atoms with van der Waals surface area (Å²) in [6, 6.07) is 6.14. The molecule has 1 rings (SSSR count). The molecule has 0 spiro atoms. The summed E-state index contributed by atoms with van der Waals surface area (Å²) in [4.78, 5) is 6.70. The maximum Gasteiger partial charge on any atom is 0.0450 e. The van der Waals surface area contributed by atoms with Crippen LogP contribution in [0, 0.1) is 6.92 Å². The zero-order valence-electron chi connectivity index (χ0n) is 9.90. The second-order valence-electron chi connectivity index (χ2n) is 4.23. The van der Waals surface area contributed by atoms with Gasteiger partial charge in [0, 0.05) is 23.9 Å². The maximum atomic E-state index is 5.78. The lowest BCUT2D eigenvalue weighted by Gasteiger charge is -2.17. The van der Waals surface area contributed by atoms with E-state index in [9.17, 15) is 0 Å². The Bertz CT molecular complexity index is 297. The molecule has 0 saturated heterocycles. The van der Waals surface area contributed by atoms with Crippen LogP contribution in [0.5, 0.6) is 0 Å². The van der Waals surface area contributed by atoms with Crippen molar-refractivity contribution in [1.29, 1.82) is 0 Å². The van der Waals surface area contributed by atoms with Crippen molar-refractivity contribution in [2.75, 3.05) is 27.2 Å². The van der Waals surface area contributed by atoms with Crippen molar-refractivity contribution in [1.82, 2.24) is 9.88 Å². The van der Waals surface area contributed by atoms with Gasteiger partial charge in [0.2, 0.25) is 0 Å². The number of hydrogen-bond acceptors (Lipinski definition) is 3. The summed E-state index contributed by atoms with van der Waals surface area (Å²) in [5, 5.41) is 0. The molecule has 0 aromatic carbocycles. The van der Waals surface area contributed by atoms with E-state index >= 15 is 0 Å². The van der Waals surface area contributed by atoms with Gasteiger partial charge in [-0.3, -0.25) is 4.98 Å². The zero-order chi connectivity index (χ0) is 11.3. The summed E-state index contributed by atoms with van der Waals surface area (Å²) in [5.74, 6) is 0.382. The van der Waals surface area contributed by atoms with Gasteiger partial charge in [0.15, 0.2) is 0 Å². The van der Waals surface area contributed by atoms with Gasteiger partial charge >= 0.3 is 0 Å². The molecule has 0 aliphatic carbocycles. The Kier molecular flexibility index (Phi) is 4.72. The molecule has 1 aromatic heterocycles. The summed E-state index contributed by atoms with van der Waals surface area (Å²) >= 11 is 0. The highest BCUT2D eigenvalue weighted by molar-refractivity contribution is 5.14. The third kappa shape index (κ3) is 3.98. The highest BCUT2D eigenvalue weighted by Gasteiger charge is 2.11. The average Bonchev–Trinajstić information content (AvgIpc) is 2.18. The molecule has 0 saturated carbocycles. The van der Waals surface area contributed by atoms with Crippen molar-refractivity contribution in [3.05, 3.63) is 29.6 Å². The molecule has 1 aromatic rings. The first-order chi connectivity index (χ1) is 7.13. The van der Waals surface area contributed by atoms with E-state index in [1.807, 2.05) is 13.0 Å². The Balaban J connectivity index is 2.65. The molecule has 0 radical (unpaired) electrons. The van der Waals surface area contributed by atoms with Gasteiger partial charge in [-0.2, -0.15) is 0 Å². The topological polar surface area (TPSA) is 42.1 Å². The summed E-state index contributed by atoms with van der Waals surface area (Å²) in [6.07, 6.45) is 1.07. The predicted octanol–water partition coefficient (Wildman–Crippen LogP) is 1.38. The van der Waals surface area contributed by atoms with Crippen LogP contribution in [0.15, 0.2) is 18.2 Å². The third-order valence-corrected chi connectivity index (χ3v) is 2.54. The average molecular weight is 207 g/mol. The number of rotatable bonds is 5. The first-order valence-electron chi connectivity index (χ1n) is 5.42. The molecule has 1 unspecified atom stereocenters. The van der Waals surface area contributed by atoms with Crippen molar-refractivity contribution in [3.8, 4) is 0 Å². The van der Waals surface area contributed by atoms with Gasteiger partial charge in [0.05, 0.1) is 0 Å². The van der Waals surface area contributed by atoms with E-state index < -0.39 is 0 Å². The third-order valence-electron chi connectivity index (χ3n) is 2.54. The zero-order valence-corrected chi connectivity index (χ0v) is 9.90. The largest absolute Gasteiger partial charge is 0.330 e. The van der Waals surface area contributed by atoms with Crippen LogP contribution in [-0.4, -0.2) is 37.1 Å². The van der Waals surface area contributed by atoms with E-state index in [-0.39, 0.29) is 0 Å². The fourth-order valence-electron chi connectivity index (χ4n) is 1.59. The van der Waals surface area contributed by atoms with E-state index in [1.54, 1.807) is 0 Å². The maximum absolute atomic E-state index is 5.78. The van der Waals surface area contributed by atoms with Gasteiger partial charge in [0.25, 0.3) is 0 Å². The highest BCUT2D eigenvalue weighted by atomic mass is 15.0. The molecule has 0 fully saturated rings. The summed E-state index contributed by atoms with van der Waals surface area (Å²) in [7, 11) is 4.16. The standard InChI is InChI=1S/C12H21N3/c1-10-5-4-6-12(14-10)11(9-13)7-8-15(2)3/h4-6,11H,7-9,13H2,1-3H3. The fraction of sp³-hybridized carbons (Fsp3) is 0.583. The van der Waals surface area contributed by atoms with Crippen molar-refractivity contribution >= 4 is 0 Å². The Morgan fingerprint density at radius 3 is 2.67 bits per heavy atom. The molecule has 0 amide bonds. The Labute approximate surface area is 92.3 Å². The van der Waals surface area contributed by atoms with Crippen LogP contribution in [0.3, 0.4) is 0 Å². The molecule has 3 heteroatoms. The molecule has 1 heterocycles. The second kappa shape index (κ2) is 5.83. The number of aromatic nitrogens is 1. The smallest absolute Gasteiger partial charge is 0.0450 e. The van der Waals surface area contributed by atoms with Crippen LogP contribution in [-0.2, 0) is 0 Å². The van der Waals surface area contributed by atoms with E-state index in [1.165, 1.54) is 0 Å². The minimum atomic E-state index is 0.382. The van der Waals surface area contributed by atoms with E-state index in [4.69, 9.17) is 5.73 Å². The quantitative estimate of drug-likeness (QED) is 0.793. The lowest BCUT2D eigenvalue weighted by Crippen LogP contribution is -2.21. The lowest BCUT2D eigenvalue weighted by atomic mass is 10.0. The number of aryl methyl sites for hydroxylation is 1. The molecule has 0 aliphatic rings. The normalized spacial score (nSPS) is 13.1. The summed E-state index contributed by atoms with van der Waals surface area (Å²) in [6.45, 7) is 3.74. The van der Waals surface area contributed by atoms with Gasteiger partial charge in [0.1, 0.15) is 0 Å². The van der Waals surface area contributed by atoms with Crippen LogP contribution in [0.25, 0.3) is 0 Å². The van der Waals surface area contributed by atoms with Crippen molar-refractivity contribution < 1.29 is 0 Å². The minimum Gasteiger partial charge on any atom is -0.330 e. The molecule has 1 atom stereocenters. The Hall–Kier alpha value is -0.930. The Morgan fingerprint density at radius 1 is 1.40 bits per heavy atom. The number of hydrogen-bond donors (Lipinski definition) is 1. The number of pyridine rings is 1. The monoisotopic (exact) mass is 207 g/mol. The van der Waals surface area contributed by atoms with E-state index in [2.05, 4.69) is 36.1 Å². The molecular formula is C12H21N3. The van der Waals surface area contributed by atoms with E-state index in [0.29, 0.717) is 12.5 Å². The molecule has 84 valence electrons. The summed E-state index contributed by atoms with van der Waals surface area (Å²) in [5.41, 5.74) is 7.97. The van der Waals surface area contributed by atoms with Crippen LogP contribution in [0.4, 0.5) is 0 Å². The van der Waals surface area contributed by atoms with Gasteiger partial charge in [-0.1, -0.05) is 6.07 Å². The Morgan fingerprint density at radius 2 is 2.13 bits per heavy atom. The predicted molar refractivity (Wildman–Crippen MR) is 63.9 cm³/mol. The molecule has 2 N–H and O–H groups in total. The first kappa shape index (κ1) is 12.1. The van der Waals surface area contributed by atoms with Crippen LogP contribution in [0.2, 0.25) is 0 Å². The van der Waals surface area contributed by atoms with Crippen LogP contribution in [0.1, 0.15) is 23.7 Å². The number of nitrogens with zero attached hydrogens (tertiary/aromatic N) is 2. The van der Waals surface area contributed by atoms with E-state index in [0.717, 1.165) is 24.4 Å². The lowest BCUT2D eigenvalue weighted by molar-refractivity contribution is 0.380. The van der Waals surface area contributed by atoms with Crippen LogP contribution >= 0.6 is 0 Å². The number of nitrogens with two attached hydrogens (primary N) is 1. The second-order valence-corrected chi connectivity index (χ2v) is 4.23. The molecular weight excluding hydrogens is 186 g/mol. The molecule has 0 bridgehead atoms. The van der Waals surface area contributed by atoms with Gasteiger partial charge in [-0.05, 0) is 46.1 Å². The fourth-order valence-corrected chi connectivity index (χ4v) is 1.59. The SMILES string of the molecule is Cc1cccc(C(CN)CCN(C)C)n1. The van der Waals surface area contributed by atoms with Crippen LogP contribution < -0.4 is 5.73 Å². The van der Waals surface area contributed by atoms with Crippen molar-refractivity contribution in [2.24, 2.45) is 5.73 Å². The van der Waals surface area contributed by atoms with Gasteiger partial charge in [-0.25, -0.2) is 0 Å². The molecule has 3 nitrogen and oxygen atoms in total. The minimum absolute atomic E-state index is 0.382. The molecule has 15 heavy (non-hydrogen) atoms. The molecule has 0 aliphatic heterocycles. The first-order valence-corrected chi connectivity index (χ1v) is 5.42.